The van der Waals surface area contributed by atoms with Crippen molar-refractivity contribution in [2.45, 2.75) is 0 Å². The minimum absolute atomic E-state index is 0.871. The van der Waals surface area contributed by atoms with E-state index in [0.717, 1.165) is 9.21 Å². The Morgan fingerprint density at radius 3 is 3.00 bits per heavy atom. The largest absolute Gasteiger partial charge is 0.232 e. The van der Waals surface area contributed by atoms with Crippen LogP contribution in [0.4, 0.5) is 0 Å². The standard InChI is InChI=1S/C7H3Br2NS/c8-5-3-4-1-2-11-6(4)7(9)10-5/h1-3H. The van der Waals surface area contributed by atoms with Gasteiger partial charge in [-0.15, -0.1) is 11.3 Å². The summed E-state index contributed by atoms with van der Waals surface area (Å²) in [4.78, 5) is 4.22. The van der Waals surface area contributed by atoms with Gasteiger partial charge in [0.05, 0.1) is 4.70 Å². The highest BCUT2D eigenvalue weighted by molar-refractivity contribution is 9.11. The fraction of sp³-hybridized carbons (Fsp3) is 0. The molecule has 0 atom stereocenters. The molecule has 0 fully saturated rings. The Morgan fingerprint density at radius 1 is 1.36 bits per heavy atom. The predicted octanol–water partition coefficient (Wildman–Crippen LogP) is 3.82. The van der Waals surface area contributed by atoms with Crippen molar-refractivity contribution in [2.24, 2.45) is 0 Å². The molecule has 2 aromatic rings. The number of thiophene rings is 1. The molecule has 1 nitrogen and oxygen atoms in total. The highest BCUT2D eigenvalue weighted by atomic mass is 79.9. The number of hydrogen-bond acceptors (Lipinski definition) is 2. The number of halogens is 2. The van der Waals surface area contributed by atoms with Gasteiger partial charge >= 0.3 is 0 Å². The first-order valence-corrected chi connectivity index (χ1v) is 5.43. The van der Waals surface area contributed by atoms with E-state index < -0.39 is 0 Å². The quantitative estimate of drug-likeness (QED) is 0.673. The number of fused-ring (bicyclic) bond motifs is 1. The molecule has 11 heavy (non-hydrogen) atoms. The molecule has 0 aliphatic heterocycles. The van der Waals surface area contributed by atoms with E-state index in [0.29, 0.717) is 0 Å². The van der Waals surface area contributed by atoms with Crippen molar-refractivity contribution < 1.29 is 0 Å². The molecule has 0 saturated carbocycles. The van der Waals surface area contributed by atoms with Crippen LogP contribution in [-0.2, 0) is 0 Å². The summed E-state index contributed by atoms with van der Waals surface area (Å²) in [5.41, 5.74) is 0. The second kappa shape index (κ2) is 2.84. The van der Waals surface area contributed by atoms with Crippen molar-refractivity contribution in [3.8, 4) is 0 Å². The van der Waals surface area contributed by atoms with Gasteiger partial charge in [-0.1, -0.05) is 0 Å². The number of nitrogens with zero attached hydrogens (tertiary/aromatic N) is 1. The zero-order chi connectivity index (χ0) is 7.84. The van der Waals surface area contributed by atoms with Gasteiger partial charge in [-0.05, 0) is 54.8 Å². The number of rotatable bonds is 0. The maximum atomic E-state index is 4.22. The minimum Gasteiger partial charge on any atom is -0.232 e. The maximum absolute atomic E-state index is 4.22. The van der Waals surface area contributed by atoms with Crippen LogP contribution in [0.1, 0.15) is 0 Å². The first kappa shape index (κ1) is 7.71. The fourth-order valence-electron chi connectivity index (χ4n) is 0.906. The van der Waals surface area contributed by atoms with Gasteiger partial charge in [0.25, 0.3) is 0 Å². The van der Waals surface area contributed by atoms with Crippen LogP contribution in [-0.4, -0.2) is 4.98 Å². The van der Waals surface area contributed by atoms with Crippen molar-refractivity contribution in [2.75, 3.05) is 0 Å². The van der Waals surface area contributed by atoms with Gasteiger partial charge in [-0.3, -0.25) is 0 Å². The van der Waals surface area contributed by atoms with E-state index >= 15 is 0 Å². The summed E-state index contributed by atoms with van der Waals surface area (Å²) >= 11 is 8.42. The molecule has 0 radical (unpaired) electrons. The van der Waals surface area contributed by atoms with Gasteiger partial charge in [0.1, 0.15) is 9.21 Å². The van der Waals surface area contributed by atoms with Crippen LogP contribution in [0.15, 0.2) is 26.7 Å². The van der Waals surface area contributed by atoms with Crippen molar-refractivity contribution in [1.82, 2.24) is 4.98 Å². The second-order valence-corrected chi connectivity index (χ2v) is 4.55. The third-order valence-corrected chi connectivity index (χ3v) is 3.54. The maximum Gasteiger partial charge on any atom is 0.125 e. The van der Waals surface area contributed by atoms with E-state index in [1.807, 2.05) is 6.07 Å². The molecule has 0 aliphatic rings. The molecular formula is C7H3Br2NS. The molecule has 0 amide bonds. The van der Waals surface area contributed by atoms with Crippen LogP contribution in [0.25, 0.3) is 10.1 Å². The van der Waals surface area contributed by atoms with Crippen molar-refractivity contribution in [3.05, 3.63) is 26.7 Å². The Bertz CT molecular complexity index is 396. The Morgan fingerprint density at radius 2 is 2.18 bits per heavy atom. The lowest BCUT2D eigenvalue weighted by Crippen LogP contribution is -1.75. The molecule has 2 rings (SSSR count). The number of aromatic nitrogens is 1. The molecule has 0 N–H and O–H groups in total. The SMILES string of the molecule is Brc1cc2ccsc2c(Br)n1. The topological polar surface area (TPSA) is 12.9 Å². The third kappa shape index (κ3) is 1.35. The average molecular weight is 293 g/mol. The molecule has 0 aromatic carbocycles. The highest BCUT2D eigenvalue weighted by Crippen LogP contribution is 2.29. The highest BCUT2D eigenvalue weighted by Gasteiger charge is 2.01. The molecule has 0 aliphatic carbocycles. The molecular weight excluding hydrogens is 290 g/mol. The van der Waals surface area contributed by atoms with Gasteiger partial charge in [0.2, 0.25) is 0 Å². The predicted molar refractivity (Wildman–Crippen MR) is 55.0 cm³/mol. The monoisotopic (exact) mass is 291 g/mol. The molecule has 0 unspecified atom stereocenters. The lowest BCUT2D eigenvalue weighted by atomic mass is 10.3. The van der Waals surface area contributed by atoms with Crippen LogP contribution < -0.4 is 0 Å². The summed E-state index contributed by atoms with van der Waals surface area (Å²) in [5, 5.41) is 3.28. The Kier molecular flexibility index (Phi) is 1.99. The van der Waals surface area contributed by atoms with E-state index in [-0.39, 0.29) is 0 Å². The molecule has 0 bridgehead atoms. The van der Waals surface area contributed by atoms with Crippen molar-refractivity contribution >= 4 is 53.3 Å². The lowest BCUT2D eigenvalue weighted by molar-refractivity contribution is 1.27. The van der Waals surface area contributed by atoms with Crippen LogP contribution >= 0.6 is 43.2 Å². The lowest BCUT2D eigenvalue weighted by Gasteiger charge is -1.93. The van der Waals surface area contributed by atoms with E-state index in [4.69, 9.17) is 0 Å². The fourth-order valence-corrected chi connectivity index (χ4v) is 3.02. The molecule has 0 saturated heterocycles. The summed E-state index contributed by atoms with van der Waals surface area (Å²) in [5.74, 6) is 0. The summed E-state index contributed by atoms with van der Waals surface area (Å²) in [7, 11) is 0. The van der Waals surface area contributed by atoms with Gasteiger partial charge in [0, 0.05) is 0 Å². The van der Waals surface area contributed by atoms with Crippen LogP contribution in [0.3, 0.4) is 0 Å². The van der Waals surface area contributed by atoms with E-state index in [1.165, 1.54) is 10.1 Å². The zero-order valence-electron chi connectivity index (χ0n) is 5.34. The summed E-state index contributed by atoms with van der Waals surface area (Å²) in [6, 6.07) is 4.09. The molecule has 0 spiro atoms. The first-order chi connectivity index (χ1) is 5.27. The second-order valence-electron chi connectivity index (χ2n) is 2.07. The third-order valence-electron chi connectivity index (χ3n) is 1.36. The molecule has 56 valence electrons. The van der Waals surface area contributed by atoms with Crippen molar-refractivity contribution in [3.63, 3.8) is 0 Å². The average Bonchev–Trinajstić information content (AvgIpc) is 2.34. The summed E-state index contributed by atoms with van der Waals surface area (Å²) < 4.78 is 2.99. The molecule has 2 aromatic heterocycles. The van der Waals surface area contributed by atoms with E-state index in [1.54, 1.807) is 11.3 Å². The summed E-state index contributed by atoms with van der Waals surface area (Å²) in [6.45, 7) is 0. The van der Waals surface area contributed by atoms with Crippen LogP contribution in [0, 0.1) is 0 Å². The first-order valence-electron chi connectivity index (χ1n) is 2.96. The summed E-state index contributed by atoms with van der Waals surface area (Å²) in [6.07, 6.45) is 0. The molecule has 4 heteroatoms. The minimum atomic E-state index is 0.871. The Hall–Kier alpha value is 0.0700. The van der Waals surface area contributed by atoms with E-state index in [2.05, 4.69) is 48.3 Å². The smallest absolute Gasteiger partial charge is 0.125 e. The normalized spacial score (nSPS) is 10.7. The zero-order valence-corrected chi connectivity index (χ0v) is 9.33. The Balaban J connectivity index is 2.91. The van der Waals surface area contributed by atoms with Gasteiger partial charge in [-0.25, -0.2) is 4.98 Å². The van der Waals surface area contributed by atoms with Crippen molar-refractivity contribution in [1.29, 1.82) is 0 Å². The van der Waals surface area contributed by atoms with Crippen LogP contribution in [0.2, 0.25) is 0 Å². The van der Waals surface area contributed by atoms with Gasteiger partial charge in [0.15, 0.2) is 0 Å². The number of pyridine rings is 1. The van der Waals surface area contributed by atoms with E-state index in [9.17, 15) is 0 Å². The van der Waals surface area contributed by atoms with Crippen LogP contribution in [0.5, 0.6) is 0 Å². The van der Waals surface area contributed by atoms with Gasteiger partial charge in [-0.2, -0.15) is 0 Å². The molecule has 2 heterocycles. The van der Waals surface area contributed by atoms with Gasteiger partial charge < -0.3 is 0 Å². The Labute approximate surface area is 84.7 Å². The number of hydrogen-bond donors (Lipinski definition) is 0.